The fourth-order valence-corrected chi connectivity index (χ4v) is 3.24. The average molecular weight is 460 g/mol. The van der Waals surface area contributed by atoms with E-state index < -0.39 is 16.9 Å². The molecule has 1 aliphatic heterocycles. The number of esters is 2. The fourth-order valence-electron chi connectivity index (χ4n) is 3.24. The molecule has 0 unspecified atom stereocenters. The molecule has 1 aliphatic rings. The number of aromatic nitrogens is 2. The molecule has 0 spiro atoms. The van der Waals surface area contributed by atoms with Crippen molar-refractivity contribution in [1.82, 2.24) is 14.9 Å². The van der Waals surface area contributed by atoms with Crippen LogP contribution in [0.3, 0.4) is 0 Å². The van der Waals surface area contributed by atoms with Gasteiger partial charge in [0, 0.05) is 31.9 Å². The molecule has 1 aromatic carbocycles. The van der Waals surface area contributed by atoms with Crippen LogP contribution < -0.4 is 10.6 Å². The minimum Gasteiger partial charge on any atom is -0.465 e. The van der Waals surface area contributed by atoms with E-state index in [1.807, 2.05) is 0 Å². The molecule has 0 radical (unpaired) electrons. The number of methoxy groups -OCH3 is 2. The monoisotopic (exact) mass is 460 g/mol. The van der Waals surface area contributed by atoms with Crippen molar-refractivity contribution in [2.45, 2.75) is 0 Å². The third kappa shape index (κ3) is 6.11. The zero-order chi connectivity index (χ0) is 23.8. The van der Waals surface area contributed by atoms with E-state index in [9.17, 15) is 19.7 Å². The molecule has 13 heteroatoms. The van der Waals surface area contributed by atoms with Crippen LogP contribution in [0.1, 0.15) is 20.7 Å². The quantitative estimate of drug-likeness (QED) is 0.316. The van der Waals surface area contributed by atoms with E-state index in [1.54, 1.807) is 0 Å². The summed E-state index contributed by atoms with van der Waals surface area (Å²) in [5, 5.41) is 17.6. The van der Waals surface area contributed by atoms with Gasteiger partial charge in [0.15, 0.2) is 0 Å². The van der Waals surface area contributed by atoms with Crippen LogP contribution in [0.2, 0.25) is 0 Å². The summed E-state index contributed by atoms with van der Waals surface area (Å²) in [4.78, 5) is 45.4. The van der Waals surface area contributed by atoms with Crippen LogP contribution in [-0.2, 0) is 14.2 Å². The van der Waals surface area contributed by atoms with Crippen LogP contribution in [0.5, 0.6) is 0 Å². The lowest BCUT2D eigenvalue weighted by Crippen LogP contribution is -2.39. The fraction of sp³-hybridized carbons (Fsp3) is 0.400. The Labute approximate surface area is 189 Å². The van der Waals surface area contributed by atoms with Gasteiger partial charge in [0.2, 0.25) is 11.6 Å². The van der Waals surface area contributed by atoms with E-state index in [0.717, 1.165) is 13.1 Å². The number of nitrogens with zero attached hydrogens (tertiary/aromatic N) is 4. The largest absolute Gasteiger partial charge is 0.465 e. The predicted molar refractivity (Wildman–Crippen MR) is 117 cm³/mol. The second-order valence-corrected chi connectivity index (χ2v) is 6.96. The molecule has 2 aromatic rings. The molecule has 1 saturated heterocycles. The number of anilines is 3. The van der Waals surface area contributed by atoms with Gasteiger partial charge in [0.25, 0.3) is 0 Å². The molecule has 3 rings (SSSR count). The van der Waals surface area contributed by atoms with Crippen LogP contribution in [0, 0.1) is 10.1 Å². The molecule has 13 nitrogen and oxygen atoms in total. The lowest BCUT2D eigenvalue weighted by Gasteiger charge is -2.26. The van der Waals surface area contributed by atoms with Gasteiger partial charge in [-0.2, -0.15) is 0 Å². The SMILES string of the molecule is COC(=O)c1cc(Nc2ncnc(NCCN3CCOCC3)c2[N+](=O)[O-])cc(C(=O)OC)c1. The highest BCUT2D eigenvalue weighted by molar-refractivity contribution is 5.97. The standard InChI is InChI=1S/C20H24N6O7/c1-31-19(27)13-9-14(20(28)32-2)11-15(10-13)24-18-16(26(29)30)17(22-12-23-18)21-3-4-25-5-7-33-8-6-25/h9-12H,3-8H2,1-2H3,(H2,21,22,23,24). The van der Waals surface area contributed by atoms with Crippen molar-refractivity contribution in [1.29, 1.82) is 0 Å². The molecule has 2 heterocycles. The number of carbonyl (C=O) groups is 2. The third-order valence-electron chi connectivity index (χ3n) is 4.87. The smallest absolute Gasteiger partial charge is 0.353 e. The molecule has 0 bridgehead atoms. The Morgan fingerprint density at radius 2 is 1.70 bits per heavy atom. The maximum Gasteiger partial charge on any atom is 0.353 e. The van der Waals surface area contributed by atoms with Crippen molar-refractivity contribution in [3.63, 3.8) is 0 Å². The maximum absolute atomic E-state index is 12.0. The van der Waals surface area contributed by atoms with Gasteiger partial charge in [0.05, 0.1) is 43.5 Å². The molecule has 176 valence electrons. The summed E-state index contributed by atoms with van der Waals surface area (Å²) < 4.78 is 14.7. The zero-order valence-corrected chi connectivity index (χ0v) is 18.2. The lowest BCUT2D eigenvalue weighted by molar-refractivity contribution is -0.383. The van der Waals surface area contributed by atoms with E-state index in [4.69, 9.17) is 14.2 Å². The molecule has 0 atom stereocenters. The van der Waals surface area contributed by atoms with E-state index >= 15 is 0 Å². The molecule has 2 N–H and O–H groups in total. The van der Waals surface area contributed by atoms with Gasteiger partial charge >= 0.3 is 17.6 Å². The van der Waals surface area contributed by atoms with Crippen molar-refractivity contribution in [3.8, 4) is 0 Å². The van der Waals surface area contributed by atoms with Crippen LogP contribution in [-0.4, -0.2) is 85.3 Å². The van der Waals surface area contributed by atoms with Crippen molar-refractivity contribution in [2.24, 2.45) is 0 Å². The summed E-state index contributed by atoms with van der Waals surface area (Å²) >= 11 is 0. The summed E-state index contributed by atoms with van der Waals surface area (Å²) in [5.74, 6) is -1.44. The number of ether oxygens (including phenoxy) is 3. The Balaban J connectivity index is 1.85. The van der Waals surface area contributed by atoms with Gasteiger partial charge in [-0.05, 0) is 18.2 Å². The minimum absolute atomic E-state index is 0.0445. The Hall–Kier alpha value is -3.84. The van der Waals surface area contributed by atoms with Crippen LogP contribution in [0.4, 0.5) is 23.0 Å². The molecule has 1 fully saturated rings. The second kappa shape index (κ2) is 11.2. The van der Waals surface area contributed by atoms with Crippen molar-refractivity contribution in [2.75, 3.05) is 64.2 Å². The molecule has 1 aromatic heterocycles. The van der Waals surface area contributed by atoms with Gasteiger partial charge in [-0.3, -0.25) is 15.0 Å². The molecule has 0 amide bonds. The van der Waals surface area contributed by atoms with Crippen LogP contribution in [0.25, 0.3) is 0 Å². The Morgan fingerprint density at radius 3 is 2.27 bits per heavy atom. The number of nitrogens with one attached hydrogen (secondary N) is 2. The molecule has 0 aliphatic carbocycles. The highest BCUT2D eigenvalue weighted by Gasteiger charge is 2.24. The first kappa shape index (κ1) is 23.8. The normalized spacial score (nSPS) is 13.8. The summed E-state index contributed by atoms with van der Waals surface area (Å²) in [7, 11) is 2.40. The van der Waals surface area contributed by atoms with Gasteiger partial charge in [-0.1, -0.05) is 0 Å². The lowest BCUT2D eigenvalue weighted by atomic mass is 10.1. The number of benzene rings is 1. The van der Waals surface area contributed by atoms with Crippen LogP contribution in [0.15, 0.2) is 24.5 Å². The van der Waals surface area contributed by atoms with E-state index in [2.05, 4.69) is 25.5 Å². The molecule has 33 heavy (non-hydrogen) atoms. The Kier molecular flexibility index (Phi) is 8.05. The summed E-state index contributed by atoms with van der Waals surface area (Å²) in [6, 6.07) is 4.07. The molecular formula is C20H24N6O7. The second-order valence-electron chi connectivity index (χ2n) is 6.96. The van der Waals surface area contributed by atoms with Crippen molar-refractivity contribution < 1.29 is 28.7 Å². The van der Waals surface area contributed by atoms with Gasteiger partial charge in [0.1, 0.15) is 6.33 Å². The Bertz CT molecular complexity index is 992. The number of hydrogen-bond acceptors (Lipinski definition) is 12. The zero-order valence-electron chi connectivity index (χ0n) is 18.2. The third-order valence-corrected chi connectivity index (χ3v) is 4.87. The molecule has 0 saturated carbocycles. The maximum atomic E-state index is 12.0. The van der Waals surface area contributed by atoms with E-state index in [0.29, 0.717) is 26.3 Å². The minimum atomic E-state index is -0.688. The number of morpholine rings is 1. The topological polar surface area (TPSA) is 158 Å². The van der Waals surface area contributed by atoms with E-state index in [1.165, 1.54) is 38.7 Å². The molecular weight excluding hydrogens is 436 g/mol. The van der Waals surface area contributed by atoms with Crippen LogP contribution >= 0.6 is 0 Å². The first-order valence-corrected chi connectivity index (χ1v) is 10.0. The van der Waals surface area contributed by atoms with Gasteiger partial charge < -0.3 is 24.8 Å². The predicted octanol–water partition coefficient (Wildman–Crippen LogP) is 1.45. The first-order chi connectivity index (χ1) is 15.9. The number of rotatable bonds is 9. The van der Waals surface area contributed by atoms with Gasteiger partial charge in [-0.25, -0.2) is 19.6 Å². The number of nitro groups is 1. The van der Waals surface area contributed by atoms with E-state index in [-0.39, 0.29) is 34.1 Å². The average Bonchev–Trinajstić information content (AvgIpc) is 2.83. The number of carbonyl (C=O) groups excluding carboxylic acids is 2. The first-order valence-electron chi connectivity index (χ1n) is 10.0. The Morgan fingerprint density at radius 1 is 1.09 bits per heavy atom. The summed E-state index contributed by atoms with van der Waals surface area (Å²) in [5.41, 5.74) is -0.0473. The summed E-state index contributed by atoms with van der Waals surface area (Å²) in [6.45, 7) is 3.98. The summed E-state index contributed by atoms with van der Waals surface area (Å²) in [6.07, 6.45) is 1.18. The highest BCUT2D eigenvalue weighted by atomic mass is 16.6. The number of hydrogen-bond donors (Lipinski definition) is 2. The highest BCUT2D eigenvalue weighted by Crippen LogP contribution is 2.31. The van der Waals surface area contributed by atoms with Gasteiger partial charge in [-0.15, -0.1) is 0 Å². The van der Waals surface area contributed by atoms with Crippen molar-refractivity contribution in [3.05, 3.63) is 45.8 Å². The van der Waals surface area contributed by atoms with Crippen molar-refractivity contribution >= 4 is 34.9 Å².